The molecule has 0 aliphatic heterocycles. The van der Waals surface area contributed by atoms with Gasteiger partial charge in [-0.15, -0.1) is 0 Å². The molecule has 2 nitrogen and oxygen atoms in total. The summed E-state index contributed by atoms with van der Waals surface area (Å²) < 4.78 is 6.08. The van der Waals surface area contributed by atoms with E-state index in [1.54, 1.807) is 0 Å². The molecule has 0 amide bonds. The lowest BCUT2D eigenvalue weighted by atomic mass is 9.93. The monoisotopic (exact) mass is 305 g/mol. The van der Waals surface area contributed by atoms with E-state index in [1.807, 2.05) is 12.1 Å². The number of hydrogen-bond donors (Lipinski definition) is 1. The van der Waals surface area contributed by atoms with Crippen molar-refractivity contribution in [3.8, 4) is 0 Å². The fourth-order valence-corrected chi connectivity index (χ4v) is 3.66. The topological polar surface area (TPSA) is 25.2 Å². The average molecular weight is 306 g/mol. The SMILES string of the molecule is CC(C)CNCC1CCCC1c1cc2cccc(Cl)c2o1. The van der Waals surface area contributed by atoms with Crippen molar-refractivity contribution in [3.05, 3.63) is 35.0 Å². The summed E-state index contributed by atoms with van der Waals surface area (Å²) in [6.07, 6.45) is 3.81. The van der Waals surface area contributed by atoms with Gasteiger partial charge in [-0.3, -0.25) is 0 Å². The molecule has 2 aromatic rings. The summed E-state index contributed by atoms with van der Waals surface area (Å²) in [6, 6.07) is 8.15. The molecule has 2 unspecified atom stereocenters. The van der Waals surface area contributed by atoms with Crippen molar-refractivity contribution in [2.45, 2.75) is 39.0 Å². The quantitative estimate of drug-likeness (QED) is 0.819. The summed E-state index contributed by atoms with van der Waals surface area (Å²) in [5.74, 6) is 3.04. The van der Waals surface area contributed by atoms with Crippen LogP contribution in [0.25, 0.3) is 11.0 Å². The number of nitrogens with one attached hydrogen (secondary N) is 1. The maximum atomic E-state index is 6.23. The Balaban J connectivity index is 1.75. The third-order valence-corrected chi connectivity index (χ3v) is 4.80. The molecule has 1 saturated carbocycles. The second-order valence-electron chi connectivity index (χ2n) is 6.66. The maximum absolute atomic E-state index is 6.23. The molecule has 3 heteroatoms. The summed E-state index contributed by atoms with van der Waals surface area (Å²) in [4.78, 5) is 0. The highest BCUT2D eigenvalue weighted by Gasteiger charge is 2.31. The molecule has 1 aliphatic carbocycles. The van der Waals surface area contributed by atoms with Crippen LogP contribution >= 0.6 is 11.6 Å². The molecule has 0 radical (unpaired) electrons. The van der Waals surface area contributed by atoms with Crippen LogP contribution in [0.15, 0.2) is 28.7 Å². The summed E-state index contributed by atoms with van der Waals surface area (Å²) in [5, 5.41) is 5.44. The maximum Gasteiger partial charge on any atom is 0.152 e. The molecule has 0 saturated heterocycles. The van der Waals surface area contributed by atoms with E-state index in [9.17, 15) is 0 Å². The van der Waals surface area contributed by atoms with E-state index in [-0.39, 0.29) is 0 Å². The number of hydrogen-bond acceptors (Lipinski definition) is 2. The molecule has 114 valence electrons. The predicted molar refractivity (Wildman–Crippen MR) is 89.0 cm³/mol. The summed E-state index contributed by atoms with van der Waals surface area (Å²) in [5.41, 5.74) is 0.843. The summed E-state index contributed by atoms with van der Waals surface area (Å²) >= 11 is 6.23. The zero-order valence-corrected chi connectivity index (χ0v) is 13.6. The number of benzene rings is 1. The highest BCUT2D eigenvalue weighted by atomic mass is 35.5. The Morgan fingerprint density at radius 2 is 2.19 bits per heavy atom. The minimum absolute atomic E-state index is 0.535. The first kappa shape index (κ1) is 14.9. The van der Waals surface area contributed by atoms with E-state index in [1.165, 1.54) is 19.3 Å². The molecule has 1 fully saturated rings. The van der Waals surface area contributed by atoms with Gasteiger partial charge >= 0.3 is 0 Å². The fourth-order valence-electron chi connectivity index (χ4n) is 3.44. The lowest BCUT2D eigenvalue weighted by Crippen LogP contribution is -2.27. The minimum Gasteiger partial charge on any atom is -0.459 e. The van der Waals surface area contributed by atoms with Gasteiger partial charge in [0.1, 0.15) is 5.76 Å². The van der Waals surface area contributed by atoms with Gasteiger partial charge in [-0.1, -0.05) is 44.0 Å². The average Bonchev–Trinajstić information content (AvgIpc) is 3.04. The number of para-hydroxylation sites is 1. The fraction of sp³-hybridized carbons (Fsp3) is 0.556. The predicted octanol–water partition coefficient (Wildman–Crippen LogP) is 5.22. The van der Waals surface area contributed by atoms with Gasteiger partial charge < -0.3 is 9.73 Å². The van der Waals surface area contributed by atoms with Gasteiger partial charge in [0.05, 0.1) is 5.02 Å². The van der Waals surface area contributed by atoms with Crippen molar-refractivity contribution in [1.82, 2.24) is 5.32 Å². The summed E-state index contributed by atoms with van der Waals surface area (Å²) in [7, 11) is 0. The highest BCUT2D eigenvalue weighted by molar-refractivity contribution is 6.34. The van der Waals surface area contributed by atoms with Gasteiger partial charge in [-0.25, -0.2) is 0 Å². The van der Waals surface area contributed by atoms with Crippen LogP contribution in [0.3, 0.4) is 0 Å². The highest BCUT2D eigenvalue weighted by Crippen LogP contribution is 2.42. The number of furan rings is 1. The van der Waals surface area contributed by atoms with Crippen LogP contribution in [0.4, 0.5) is 0 Å². The first-order valence-corrected chi connectivity index (χ1v) is 8.41. The molecule has 0 spiro atoms. The molecule has 1 aromatic carbocycles. The first-order valence-electron chi connectivity index (χ1n) is 8.04. The molecular weight excluding hydrogens is 282 g/mol. The third kappa shape index (κ3) is 3.27. The smallest absolute Gasteiger partial charge is 0.152 e. The van der Waals surface area contributed by atoms with Crippen LogP contribution in [-0.2, 0) is 0 Å². The van der Waals surface area contributed by atoms with E-state index in [4.69, 9.17) is 16.0 Å². The molecule has 1 aromatic heterocycles. The Morgan fingerprint density at radius 3 is 2.95 bits per heavy atom. The van der Waals surface area contributed by atoms with Gasteiger partial charge in [0.2, 0.25) is 0 Å². The van der Waals surface area contributed by atoms with Crippen LogP contribution in [0, 0.1) is 11.8 Å². The zero-order chi connectivity index (χ0) is 14.8. The Kier molecular flexibility index (Phi) is 4.56. The largest absolute Gasteiger partial charge is 0.459 e. The lowest BCUT2D eigenvalue weighted by Gasteiger charge is -2.19. The van der Waals surface area contributed by atoms with Crippen molar-refractivity contribution in [1.29, 1.82) is 0 Å². The number of fused-ring (bicyclic) bond motifs is 1. The van der Waals surface area contributed by atoms with E-state index in [0.717, 1.165) is 29.8 Å². The number of rotatable bonds is 5. The van der Waals surface area contributed by atoms with E-state index >= 15 is 0 Å². The summed E-state index contributed by atoms with van der Waals surface area (Å²) in [6.45, 7) is 6.68. The molecule has 1 heterocycles. The number of halogens is 1. The van der Waals surface area contributed by atoms with E-state index in [2.05, 4.69) is 31.3 Å². The van der Waals surface area contributed by atoms with E-state index in [0.29, 0.717) is 22.8 Å². The second-order valence-corrected chi connectivity index (χ2v) is 7.06. The van der Waals surface area contributed by atoms with Gasteiger partial charge in [0, 0.05) is 11.3 Å². The standard InChI is InChI=1S/C18H24ClNO/c1-12(2)10-20-11-14-6-3-7-15(14)17-9-13-5-4-8-16(19)18(13)21-17/h4-5,8-9,12,14-15,20H,3,6-7,10-11H2,1-2H3. The lowest BCUT2D eigenvalue weighted by molar-refractivity contribution is 0.382. The van der Waals surface area contributed by atoms with Crippen molar-refractivity contribution >= 4 is 22.6 Å². The van der Waals surface area contributed by atoms with Crippen molar-refractivity contribution < 1.29 is 4.42 Å². The van der Waals surface area contributed by atoms with Crippen molar-refractivity contribution in [2.24, 2.45) is 11.8 Å². The van der Waals surface area contributed by atoms with Crippen LogP contribution in [0.2, 0.25) is 5.02 Å². The van der Waals surface area contributed by atoms with Crippen molar-refractivity contribution in [3.63, 3.8) is 0 Å². The Labute approximate surface area is 131 Å². The van der Waals surface area contributed by atoms with Gasteiger partial charge in [0.25, 0.3) is 0 Å². The normalized spacial score (nSPS) is 22.5. The van der Waals surface area contributed by atoms with Crippen molar-refractivity contribution in [2.75, 3.05) is 13.1 Å². The van der Waals surface area contributed by atoms with Crippen LogP contribution < -0.4 is 5.32 Å². The second kappa shape index (κ2) is 6.41. The Bertz CT molecular complexity index is 604. The first-order chi connectivity index (χ1) is 10.1. The molecule has 2 atom stereocenters. The minimum atomic E-state index is 0.535. The molecular formula is C18H24ClNO. The third-order valence-electron chi connectivity index (χ3n) is 4.50. The molecule has 21 heavy (non-hydrogen) atoms. The molecule has 1 aliphatic rings. The molecule has 0 bridgehead atoms. The van der Waals surface area contributed by atoms with Crippen LogP contribution in [-0.4, -0.2) is 13.1 Å². The zero-order valence-electron chi connectivity index (χ0n) is 12.9. The Hall–Kier alpha value is -0.990. The molecule has 1 N–H and O–H groups in total. The van der Waals surface area contributed by atoms with Gasteiger partial charge in [-0.2, -0.15) is 0 Å². The van der Waals surface area contributed by atoms with E-state index < -0.39 is 0 Å². The Morgan fingerprint density at radius 1 is 1.33 bits per heavy atom. The van der Waals surface area contributed by atoms with Gasteiger partial charge in [-0.05, 0) is 49.9 Å². The molecule has 3 rings (SSSR count). The van der Waals surface area contributed by atoms with Crippen LogP contribution in [0.5, 0.6) is 0 Å². The van der Waals surface area contributed by atoms with Crippen LogP contribution in [0.1, 0.15) is 44.8 Å². The van der Waals surface area contributed by atoms with Gasteiger partial charge in [0.15, 0.2) is 5.58 Å².